The molecule has 60 valence electrons. The summed E-state index contributed by atoms with van der Waals surface area (Å²) in [5.41, 5.74) is 0. The minimum absolute atomic E-state index is 0. The van der Waals surface area contributed by atoms with E-state index in [0.29, 0.717) is 13.3 Å². The van der Waals surface area contributed by atoms with Gasteiger partial charge in [-0.05, 0) is 13.3 Å². The fraction of sp³-hybridized carbons (Fsp3) is 0.667. The third-order valence-electron chi connectivity index (χ3n) is 0.471. The van der Waals surface area contributed by atoms with Gasteiger partial charge >= 0.3 is 50.5 Å². The summed E-state index contributed by atoms with van der Waals surface area (Å²) in [6, 6.07) is 0. The van der Waals surface area contributed by atoms with Crippen molar-refractivity contribution in [1.29, 1.82) is 0 Å². The van der Waals surface area contributed by atoms with Gasteiger partial charge in [0, 0.05) is 0 Å². The molecular formula is C6H14I3-. The van der Waals surface area contributed by atoms with Gasteiger partial charge in [-0.25, -0.2) is 0 Å². The molecule has 0 amide bonds. The summed E-state index contributed by atoms with van der Waals surface area (Å²) in [6.07, 6.45) is 5.34. The number of hydrogen-bond donors (Lipinski definition) is 0. The van der Waals surface area contributed by atoms with E-state index in [9.17, 15) is 0 Å². The Kier molecular flexibility index (Phi) is 42.9. The average molecular weight is 467 g/mol. The van der Waals surface area contributed by atoms with Crippen LogP contribution in [0, 0.1) is 0 Å². The predicted molar refractivity (Wildman–Crippen MR) is 59.9 cm³/mol. The molecule has 0 rings (SSSR count). The molecule has 9 heavy (non-hydrogen) atoms. The second-order valence-electron chi connectivity index (χ2n) is 1.03. The molecule has 0 aromatic carbocycles. The second-order valence-corrected chi connectivity index (χ2v) is 17.3. The molecule has 0 aromatic heterocycles. The second kappa shape index (κ2) is 22.5. The molecule has 3 heteroatoms. The number of rotatable bonds is 1. The Bertz CT molecular complexity index is 43.6. The van der Waals surface area contributed by atoms with Crippen molar-refractivity contribution in [2.45, 2.75) is 27.7 Å². The zero-order valence-corrected chi connectivity index (χ0v) is 11.5. The Labute approximate surface area is 88.9 Å². The predicted octanol–water partition coefficient (Wildman–Crippen LogP) is 1.38. The Morgan fingerprint density at radius 1 is 1.44 bits per heavy atom. The Hall–Kier alpha value is 1.93. The first-order chi connectivity index (χ1) is 3.83. The number of hydrogen-bond acceptors (Lipinski definition) is 0. The normalized spacial score (nSPS) is 8.00. The first-order valence-electron chi connectivity index (χ1n) is 2.31. The molecule has 0 aliphatic carbocycles. The molecule has 0 radical (unpaired) electrons. The summed E-state index contributed by atoms with van der Waals surface area (Å²) >= 11 is 5.30. The summed E-state index contributed by atoms with van der Waals surface area (Å²) < 4.78 is 0. The van der Waals surface area contributed by atoms with Crippen LogP contribution in [0.3, 0.4) is 0 Å². The van der Waals surface area contributed by atoms with Crippen LogP contribution in [0.1, 0.15) is 27.7 Å². The van der Waals surface area contributed by atoms with Crippen LogP contribution in [0.2, 0.25) is 0 Å². The third-order valence-corrected chi connectivity index (χ3v) is 0.471. The van der Waals surface area contributed by atoms with Gasteiger partial charge in [-0.3, -0.25) is 0 Å². The minimum atomic E-state index is 0. The molecule has 0 saturated heterocycles. The van der Waals surface area contributed by atoms with E-state index in [0.717, 1.165) is 6.42 Å². The van der Waals surface area contributed by atoms with E-state index in [1.165, 1.54) is 0 Å². The summed E-state index contributed by atoms with van der Waals surface area (Å²) in [7, 11) is 0. The van der Waals surface area contributed by atoms with Crippen molar-refractivity contribution in [3.63, 3.8) is 0 Å². The van der Waals surface area contributed by atoms with Gasteiger partial charge in [0.2, 0.25) is 0 Å². The number of halogens is 3. The van der Waals surface area contributed by atoms with Gasteiger partial charge in [0.15, 0.2) is 0 Å². The van der Waals surface area contributed by atoms with Crippen LogP contribution >= 0.6 is 37.2 Å². The van der Waals surface area contributed by atoms with E-state index in [2.05, 4.69) is 56.3 Å². The zero-order chi connectivity index (χ0) is 6.83. The molecule has 0 aliphatic heterocycles. The van der Waals surface area contributed by atoms with Crippen molar-refractivity contribution in [3.8, 4) is 0 Å². The standard InChI is InChI=1S/C5H10.CH4.I3/c1-3-5-4-2;;1-3-2/h3,5H,4H2,1-2H3;1H4;/q;;-1. The first-order valence-corrected chi connectivity index (χ1v) is 14.9. The van der Waals surface area contributed by atoms with Gasteiger partial charge in [-0.1, -0.05) is 26.5 Å². The summed E-state index contributed by atoms with van der Waals surface area (Å²) in [5.74, 6) is 0. The van der Waals surface area contributed by atoms with Crippen molar-refractivity contribution in [1.82, 2.24) is 0 Å². The number of allylic oxidation sites excluding steroid dienone is 2. The molecule has 0 aliphatic rings. The van der Waals surface area contributed by atoms with Crippen molar-refractivity contribution < 1.29 is 13.3 Å². The van der Waals surface area contributed by atoms with Gasteiger partial charge in [-0.2, -0.15) is 0 Å². The molecule has 0 fully saturated rings. The average Bonchev–Trinajstić information content (AvgIpc) is 1.71. The molecular weight excluding hydrogens is 453 g/mol. The first kappa shape index (κ1) is 17.1. The van der Waals surface area contributed by atoms with Crippen LogP contribution in [0.5, 0.6) is 0 Å². The van der Waals surface area contributed by atoms with E-state index in [4.69, 9.17) is 0 Å². The Morgan fingerprint density at radius 2 is 1.78 bits per heavy atom. The maximum absolute atomic E-state index is 2.39. The van der Waals surface area contributed by atoms with E-state index < -0.39 is 0 Å². The molecule has 0 N–H and O–H groups in total. The molecule has 0 aromatic rings. The SMILES string of the molecule is C.CC=CCC.I[I-]I. The Morgan fingerprint density at radius 3 is 1.78 bits per heavy atom. The molecule has 0 heterocycles. The van der Waals surface area contributed by atoms with Crippen LogP contribution < -0.4 is 13.3 Å². The molecule has 0 saturated carbocycles. The molecule has 0 unspecified atom stereocenters. The van der Waals surface area contributed by atoms with Crippen molar-refractivity contribution >= 4 is 37.2 Å². The van der Waals surface area contributed by atoms with Crippen LogP contribution in [0.4, 0.5) is 0 Å². The van der Waals surface area contributed by atoms with Crippen LogP contribution in [0.25, 0.3) is 0 Å². The van der Waals surface area contributed by atoms with Crippen molar-refractivity contribution in [2.24, 2.45) is 0 Å². The summed E-state index contributed by atoms with van der Waals surface area (Å²) in [6.45, 7) is 4.16. The molecule has 0 nitrogen and oxygen atoms in total. The third kappa shape index (κ3) is 40.4. The van der Waals surface area contributed by atoms with Crippen molar-refractivity contribution in [2.75, 3.05) is 0 Å². The van der Waals surface area contributed by atoms with Gasteiger partial charge in [-0.15, -0.1) is 0 Å². The monoisotopic (exact) mass is 467 g/mol. The van der Waals surface area contributed by atoms with E-state index in [1.54, 1.807) is 0 Å². The van der Waals surface area contributed by atoms with Gasteiger partial charge < -0.3 is 0 Å². The zero-order valence-electron chi connectivity index (χ0n) is 5.00. The summed E-state index contributed by atoms with van der Waals surface area (Å²) in [5, 5.41) is 0. The van der Waals surface area contributed by atoms with Crippen LogP contribution in [0.15, 0.2) is 12.2 Å². The maximum atomic E-state index is 2.39. The van der Waals surface area contributed by atoms with E-state index in [-0.39, 0.29) is 7.43 Å². The molecule has 0 spiro atoms. The topological polar surface area (TPSA) is 0 Å². The Balaban J connectivity index is -0.0000000800. The van der Waals surface area contributed by atoms with Gasteiger partial charge in [0.05, 0.1) is 0 Å². The van der Waals surface area contributed by atoms with Gasteiger partial charge in [0.25, 0.3) is 0 Å². The molecule has 0 bridgehead atoms. The molecule has 0 atom stereocenters. The van der Waals surface area contributed by atoms with Gasteiger partial charge in [0.1, 0.15) is 0 Å². The summed E-state index contributed by atoms with van der Waals surface area (Å²) in [4.78, 5) is 0. The fourth-order valence-electron chi connectivity index (χ4n) is 0.236. The van der Waals surface area contributed by atoms with Crippen molar-refractivity contribution in [3.05, 3.63) is 12.2 Å². The van der Waals surface area contributed by atoms with E-state index in [1.807, 2.05) is 6.92 Å². The van der Waals surface area contributed by atoms with Crippen LogP contribution in [-0.4, -0.2) is 0 Å². The fourth-order valence-corrected chi connectivity index (χ4v) is 0.236. The quantitative estimate of drug-likeness (QED) is 0.405. The van der Waals surface area contributed by atoms with E-state index >= 15 is 0 Å². The van der Waals surface area contributed by atoms with Crippen LogP contribution in [-0.2, 0) is 0 Å².